The monoisotopic (exact) mass is 483 g/mol. The minimum absolute atomic E-state index is 0.0439. The number of carbonyl (C=O) groups is 2. The van der Waals surface area contributed by atoms with Crippen LogP contribution in [0.3, 0.4) is 0 Å². The van der Waals surface area contributed by atoms with E-state index in [0.717, 1.165) is 11.6 Å². The Hall–Kier alpha value is -4.09. The number of nitrogens with one attached hydrogen (secondary N) is 2. The highest BCUT2D eigenvalue weighted by atomic mass is 32.2. The molecule has 0 bridgehead atoms. The number of amides is 1. The molecule has 3 aromatic carbocycles. The quantitative estimate of drug-likeness (QED) is 0.270. The lowest BCUT2D eigenvalue weighted by atomic mass is 10.2. The Labute approximate surface area is 195 Å². The van der Waals surface area contributed by atoms with Gasteiger partial charge in [-0.3, -0.25) is 14.9 Å². The molecular weight excluding hydrogens is 462 g/mol. The van der Waals surface area contributed by atoms with E-state index < -0.39 is 32.9 Å². The van der Waals surface area contributed by atoms with Crippen molar-refractivity contribution in [3.63, 3.8) is 0 Å². The Balaban J connectivity index is 1.62. The third-order valence-electron chi connectivity index (χ3n) is 4.69. The van der Waals surface area contributed by atoms with Crippen LogP contribution in [0.15, 0.2) is 83.8 Å². The van der Waals surface area contributed by atoms with E-state index in [-0.39, 0.29) is 28.4 Å². The molecule has 0 aliphatic heterocycles. The lowest BCUT2D eigenvalue weighted by molar-refractivity contribution is -0.384. The van der Waals surface area contributed by atoms with E-state index in [4.69, 9.17) is 4.74 Å². The van der Waals surface area contributed by atoms with E-state index in [1.807, 2.05) is 6.07 Å². The van der Waals surface area contributed by atoms with Crippen LogP contribution >= 0.6 is 0 Å². The largest absolute Gasteiger partial charge is 0.449 e. The van der Waals surface area contributed by atoms with E-state index >= 15 is 0 Å². The molecule has 0 fully saturated rings. The van der Waals surface area contributed by atoms with Gasteiger partial charge >= 0.3 is 5.97 Å². The molecule has 0 aliphatic carbocycles. The molecule has 176 valence electrons. The molecule has 1 unspecified atom stereocenters. The highest BCUT2D eigenvalue weighted by molar-refractivity contribution is 7.89. The molecule has 0 saturated carbocycles. The third-order valence-corrected chi connectivity index (χ3v) is 6.09. The number of nitrogens with zero attached hydrogens (tertiary/aromatic N) is 1. The summed E-state index contributed by atoms with van der Waals surface area (Å²) in [5.41, 5.74) is 0.883. The van der Waals surface area contributed by atoms with Gasteiger partial charge in [0.25, 0.3) is 11.6 Å². The van der Waals surface area contributed by atoms with Crippen molar-refractivity contribution in [1.29, 1.82) is 0 Å². The third kappa shape index (κ3) is 6.47. The molecule has 10 nitrogen and oxygen atoms in total. The van der Waals surface area contributed by atoms with Crippen LogP contribution in [-0.4, -0.2) is 31.3 Å². The molecule has 0 heterocycles. The molecule has 0 aliphatic rings. The van der Waals surface area contributed by atoms with E-state index in [2.05, 4.69) is 10.0 Å². The van der Waals surface area contributed by atoms with E-state index in [9.17, 15) is 28.1 Å². The van der Waals surface area contributed by atoms with Crippen molar-refractivity contribution < 1.29 is 27.7 Å². The first kappa shape index (κ1) is 24.6. The minimum atomic E-state index is -3.89. The summed E-state index contributed by atoms with van der Waals surface area (Å²) in [4.78, 5) is 34.8. The first-order chi connectivity index (χ1) is 16.2. The maximum absolute atomic E-state index is 12.6. The molecule has 0 saturated heterocycles. The number of carbonyl (C=O) groups excluding carboxylic acids is 2. The number of esters is 1. The molecule has 2 N–H and O–H groups in total. The van der Waals surface area contributed by atoms with Crippen LogP contribution in [0.1, 0.15) is 22.8 Å². The number of nitro groups is 1. The predicted octanol–water partition coefficient (Wildman–Crippen LogP) is 3.26. The number of rotatable bonds is 9. The summed E-state index contributed by atoms with van der Waals surface area (Å²) in [6.45, 7) is 1.43. The molecule has 1 atom stereocenters. The van der Waals surface area contributed by atoms with Crippen molar-refractivity contribution >= 4 is 33.3 Å². The van der Waals surface area contributed by atoms with Crippen LogP contribution in [0.25, 0.3) is 0 Å². The summed E-state index contributed by atoms with van der Waals surface area (Å²) in [6.07, 6.45) is -1.21. The minimum Gasteiger partial charge on any atom is -0.449 e. The molecular formula is C23H21N3O7S. The van der Waals surface area contributed by atoms with Gasteiger partial charge in [-0.2, -0.15) is 0 Å². The van der Waals surface area contributed by atoms with Gasteiger partial charge in [-0.1, -0.05) is 36.4 Å². The van der Waals surface area contributed by atoms with Gasteiger partial charge in [0.15, 0.2) is 6.10 Å². The molecule has 3 rings (SSSR count). The number of hydrogen-bond acceptors (Lipinski definition) is 7. The Morgan fingerprint density at radius 2 is 1.68 bits per heavy atom. The Morgan fingerprint density at radius 3 is 2.32 bits per heavy atom. The fourth-order valence-corrected chi connectivity index (χ4v) is 3.90. The number of sulfonamides is 1. The number of anilines is 1. The number of benzene rings is 3. The summed E-state index contributed by atoms with van der Waals surface area (Å²) < 4.78 is 32.8. The normalized spacial score (nSPS) is 11.9. The van der Waals surface area contributed by atoms with Gasteiger partial charge in [-0.25, -0.2) is 17.9 Å². The Kier molecular flexibility index (Phi) is 7.71. The number of non-ortho nitro benzene ring substituents is 1. The fourth-order valence-electron chi connectivity index (χ4n) is 2.84. The molecule has 34 heavy (non-hydrogen) atoms. The van der Waals surface area contributed by atoms with Crippen LogP contribution in [0, 0.1) is 10.1 Å². The van der Waals surface area contributed by atoms with Crippen LogP contribution in [0.4, 0.5) is 11.4 Å². The van der Waals surface area contributed by atoms with Gasteiger partial charge in [-0.05, 0) is 42.8 Å². The van der Waals surface area contributed by atoms with E-state index in [1.165, 1.54) is 49.4 Å². The molecule has 0 spiro atoms. The second-order valence-electron chi connectivity index (χ2n) is 7.18. The van der Waals surface area contributed by atoms with E-state index in [1.54, 1.807) is 24.3 Å². The highest BCUT2D eigenvalue weighted by Gasteiger charge is 2.21. The van der Waals surface area contributed by atoms with Gasteiger partial charge in [0.1, 0.15) is 0 Å². The van der Waals surface area contributed by atoms with Crippen LogP contribution < -0.4 is 10.0 Å². The van der Waals surface area contributed by atoms with Crippen molar-refractivity contribution in [3.8, 4) is 0 Å². The summed E-state index contributed by atoms with van der Waals surface area (Å²) in [7, 11) is -3.89. The number of ether oxygens (including phenoxy) is 1. The molecule has 1 amide bonds. The number of hydrogen-bond donors (Lipinski definition) is 2. The maximum atomic E-state index is 12.6. The van der Waals surface area contributed by atoms with Crippen LogP contribution in [0.5, 0.6) is 0 Å². The second kappa shape index (κ2) is 10.7. The molecule has 0 aromatic heterocycles. The van der Waals surface area contributed by atoms with Crippen LogP contribution in [0.2, 0.25) is 0 Å². The molecule has 0 radical (unpaired) electrons. The van der Waals surface area contributed by atoms with Gasteiger partial charge in [-0.15, -0.1) is 0 Å². The first-order valence-electron chi connectivity index (χ1n) is 10.1. The Morgan fingerprint density at radius 1 is 1.00 bits per heavy atom. The van der Waals surface area contributed by atoms with Crippen molar-refractivity contribution in [2.45, 2.75) is 24.5 Å². The molecule has 3 aromatic rings. The summed E-state index contributed by atoms with van der Waals surface area (Å²) in [6, 6.07) is 19.4. The van der Waals surface area contributed by atoms with E-state index in [0.29, 0.717) is 0 Å². The second-order valence-corrected chi connectivity index (χ2v) is 8.95. The highest BCUT2D eigenvalue weighted by Crippen LogP contribution is 2.17. The lowest BCUT2D eigenvalue weighted by Crippen LogP contribution is -2.30. The average molecular weight is 484 g/mol. The van der Waals surface area contributed by atoms with Gasteiger partial charge in [0.05, 0.1) is 15.4 Å². The van der Waals surface area contributed by atoms with Crippen molar-refractivity contribution in [2.75, 3.05) is 5.32 Å². The number of nitro benzene ring substituents is 1. The predicted molar refractivity (Wildman–Crippen MR) is 124 cm³/mol. The summed E-state index contributed by atoms with van der Waals surface area (Å²) >= 11 is 0. The van der Waals surface area contributed by atoms with Crippen molar-refractivity contribution in [2.24, 2.45) is 0 Å². The average Bonchev–Trinajstić information content (AvgIpc) is 2.83. The van der Waals surface area contributed by atoms with Gasteiger partial charge in [0, 0.05) is 24.4 Å². The summed E-state index contributed by atoms with van der Waals surface area (Å²) in [5.74, 6) is -1.54. The van der Waals surface area contributed by atoms with Gasteiger partial charge < -0.3 is 10.1 Å². The fraction of sp³-hybridized carbons (Fsp3) is 0.130. The topological polar surface area (TPSA) is 145 Å². The summed E-state index contributed by atoms with van der Waals surface area (Å²) in [5, 5.41) is 13.2. The zero-order valence-corrected chi connectivity index (χ0v) is 18.8. The SMILES string of the molecule is CC(OC(=O)c1cccc(S(=O)(=O)NCc2ccccc2)c1)C(=O)Nc1ccc([N+](=O)[O-])cc1. The zero-order chi connectivity index (χ0) is 24.7. The standard InChI is InChI=1S/C23H21N3O7S/c1-16(22(27)25-19-10-12-20(13-11-19)26(29)30)33-23(28)18-8-5-9-21(14-18)34(31,32)24-15-17-6-3-2-4-7-17/h2-14,16,24H,15H2,1H3,(H,25,27). The Bertz CT molecular complexity index is 1290. The molecule has 11 heteroatoms. The first-order valence-corrected chi connectivity index (χ1v) is 11.5. The van der Waals surface area contributed by atoms with Crippen molar-refractivity contribution in [1.82, 2.24) is 4.72 Å². The maximum Gasteiger partial charge on any atom is 0.338 e. The lowest BCUT2D eigenvalue weighted by Gasteiger charge is -2.14. The van der Waals surface area contributed by atoms with Crippen molar-refractivity contribution in [3.05, 3.63) is 100 Å². The van der Waals surface area contributed by atoms with Gasteiger partial charge in [0.2, 0.25) is 10.0 Å². The zero-order valence-electron chi connectivity index (χ0n) is 18.0. The van der Waals surface area contributed by atoms with Crippen LogP contribution in [-0.2, 0) is 26.1 Å². The smallest absolute Gasteiger partial charge is 0.338 e.